The summed E-state index contributed by atoms with van der Waals surface area (Å²) in [6.45, 7) is 4.22. The van der Waals surface area contributed by atoms with E-state index in [-0.39, 0.29) is 18.5 Å². The van der Waals surface area contributed by atoms with Crippen LogP contribution >= 0.6 is 11.8 Å². The monoisotopic (exact) mass is 428 g/mol. The van der Waals surface area contributed by atoms with Crippen molar-refractivity contribution >= 4 is 29.3 Å². The Morgan fingerprint density at radius 3 is 2.40 bits per heavy atom. The van der Waals surface area contributed by atoms with E-state index >= 15 is 0 Å². The maximum absolute atomic E-state index is 12.9. The molecule has 1 unspecified atom stereocenters. The fourth-order valence-corrected chi connectivity index (χ4v) is 3.69. The molecule has 0 aromatic heterocycles. The molecule has 1 atom stereocenters. The first-order valence-electron chi connectivity index (χ1n) is 9.84. The lowest BCUT2D eigenvalue weighted by Gasteiger charge is -2.19. The molecule has 30 heavy (non-hydrogen) atoms. The first-order valence-corrected chi connectivity index (χ1v) is 11.1. The topological polar surface area (TPSA) is 61.8 Å². The number of ether oxygens (including phenoxy) is 3. The Bertz CT molecular complexity index is 876. The van der Waals surface area contributed by atoms with Crippen molar-refractivity contribution in [3.8, 4) is 5.75 Å². The smallest absolute Gasteiger partial charge is 0.338 e. The zero-order valence-electron chi connectivity index (χ0n) is 17.8. The van der Waals surface area contributed by atoms with Crippen LogP contribution in [0.25, 0.3) is 5.57 Å². The predicted octanol–water partition coefficient (Wildman–Crippen LogP) is 5.20. The molecule has 6 heteroatoms. The number of carbonyl (C=O) groups is 2. The predicted molar refractivity (Wildman–Crippen MR) is 120 cm³/mol. The molecular weight excluding hydrogens is 400 g/mol. The lowest BCUT2D eigenvalue weighted by atomic mass is 9.99. The summed E-state index contributed by atoms with van der Waals surface area (Å²) in [5, 5.41) is -0.589. The molecular formula is C24H28O5S. The lowest BCUT2D eigenvalue weighted by molar-refractivity contribution is -0.144. The highest BCUT2D eigenvalue weighted by molar-refractivity contribution is 7.99. The summed E-state index contributed by atoms with van der Waals surface area (Å²) in [6, 6.07) is 14.9. The number of hydrogen-bond donors (Lipinski definition) is 0. The summed E-state index contributed by atoms with van der Waals surface area (Å²) in [5.41, 5.74) is 2.73. The third-order valence-corrected chi connectivity index (χ3v) is 5.32. The van der Waals surface area contributed by atoms with Gasteiger partial charge in [-0.1, -0.05) is 49.4 Å². The minimum absolute atomic E-state index is 0.197. The number of thioether (sulfide) groups is 1. The number of hydrogen-bond acceptors (Lipinski definition) is 6. The summed E-state index contributed by atoms with van der Waals surface area (Å²) < 4.78 is 16.2. The van der Waals surface area contributed by atoms with Crippen molar-refractivity contribution in [1.82, 2.24) is 0 Å². The third kappa shape index (κ3) is 6.13. The highest BCUT2D eigenvalue weighted by Gasteiger charge is 2.26. The molecule has 0 N–H and O–H groups in total. The van der Waals surface area contributed by atoms with Crippen molar-refractivity contribution in [3.05, 3.63) is 71.3 Å². The van der Waals surface area contributed by atoms with E-state index in [1.54, 1.807) is 26.2 Å². The van der Waals surface area contributed by atoms with E-state index in [1.165, 1.54) is 11.8 Å². The van der Waals surface area contributed by atoms with Crippen LogP contribution in [0.2, 0.25) is 0 Å². The van der Waals surface area contributed by atoms with Crippen LogP contribution in [0.3, 0.4) is 0 Å². The molecule has 5 nitrogen and oxygen atoms in total. The number of rotatable bonds is 10. The van der Waals surface area contributed by atoms with Crippen molar-refractivity contribution in [2.75, 3.05) is 20.0 Å². The Hall–Kier alpha value is -2.73. The second-order valence-corrected chi connectivity index (χ2v) is 7.36. The van der Waals surface area contributed by atoms with Gasteiger partial charge in [0.2, 0.25) is 0 Å². The van der Waals surface area contributed by atoms with Crippen LogP contribution in [0.4, 0.5) is 0 Å². The summed E-state index contributed by atoms with van der Waals surface area (Å²) in [7, 11) is 1.55. The van der Waals surface area contributed by atoms with E-state index in [9.17, 15) is 9.59 Å². The van der Waals surface area contributed by atoms with E-state index in [0.717, 1.165) is 5.56 Å². The zero-order chi connectivity index (χ0) is 21.9. The van der Waals surface area contributed by atoms with Gasteiger partial charge < -0.3 is 14.2 Å². The van der Waals surface area contributed by atoms with Gasteiger partial charge in [0.25, 0.3) is 0 Å². The molecule has 0 fully saturated rings. The van der Waals surface area contributed by atoms with Crippen LogP contribution in [-0.2, 0) is 25.7 Å². The first kappa shape index (κ1) is 23.5. The number of carbonyl (C=O) groups excluding carboxylic acids is 2. The molecule has 0 radical (unpaired) electrons. The summed E-state index contributed by atoms with van der Waals surface area (Å²) in [5.74, 6) is -0.184. The van der Waals surface area contributed by atoms with E-state index in [2.05, 4.69) is 0 Å². The number of esters is 2. The van der Waals surface area contributed by atoms with Crippen LogP contribution in [0.1, 0.15) is 42.2 Å². The molecule has 0 aliphatic rings. The van der Waals surface area contributed by atoms with Gasteiger partial charge >= 0.3 is 11.9 Å². The Morgan fingerprint density at radius 1 is 1.07 bits per heavy atom. The third-order valence-electron chi connectivity index (χ3n) is 4.40. The summed E-state index contributed by atoms with van der Waals surface area (Å²) in [4.78, 5) is 25.3. The van der Waals surface area contributed by atoms with Crippen molar-refractivity contribution in [2.45, 2.75) is 32.1 Å². The molecule has 160 valence electrons. The van der Waals surface area contributed by atoms with E-state index < -0.39 is 5.25 Å². The Kier molecular flexibility index (Phi) is 9.48. The largest absolute Gasteiger partial charge is 0.496 e. The van der Waals surface area contributed by atoms with Crippen molar-refractivity contribution < 1.29 is 23.8 Å². The van der Waals surface area contributed by atoms with Gasteiger partial charge in [0.15, 0.2) is 0 Å². The average molecular weight is 429 g/mol. The maximum Gasteiger partial charge on any atom is 0.338 e. The van der Waals surface area contributed by atoms with Gasteiger partial charge in [-0.3, -0.25) is 4.79 Å². The fraction of sp³-hybridized carbons (Fsp3) is 0.333. The second-order valence-electron chi connectivity index (χ2n) is 6.41. The molecule has 0 saturated heterocycles. The van der Waals surface area contributed by atoms with Gasteiger partial charge in [-0.2, -0.15) is 0 Å². The zero-order valence-corrected chi connectivity index (χ0v) is 18.7. The van der Waals surface area contributed by atoms with Crippen molar-refractivity contribution in [2.24, 2.45) is 0 Å². The normalized spacial score (nSPS) is 12.2. The van der Waals surface area contributed by atoms with Crippen LogP contribution in [-0.4, -0.2) is 31.9 Å². The molecule has 0 aliphatic heterocycles. The van der Waals surface area contributed by atoms with Crippen LogP contribution < -0.4 is 4.74 Å². The maximum atomic E-state index is 12.9. The van der Waals surface area contributed by atoms with Crippen molar-refractivity contribution in [1.29, 1.82) is 0 Å². The minimum atomic E-state index is -0.589. The van der Waals surface area contributed by atoms with Crippen LogP contribution in [0, 0.1) is 0 Å². The molecule has 2 aromatic rings. The SMILES string of the molecule is CCC=C(C(=O)OCC)c1ccc(OC)c(C(SC)C(=O)OCc2ccccc2)c1. The van der Waals surface area contributed by atoms with Gasteiger partial charge in [-0.25, -0.2) is 4.79 Å². The van der Waals surface area contributed by atoms with E-state index in [1.807, 2.05) is 55.7 Å². The second kappa shape index (κ2) is 12.1. The van der Waals surface area contributed by atoms with E-state index in [4.69, 9.17) is 14.2 Å². The molecule has 0 amide bonds. The van der Waals surface area contributed by atoms with Gasteiger partial charge in [0, 0.05) is 5.56 Å². The number of methoxy groups -OCH3 is 1. The Balaban J connectivity index is 2.34. The lowest BCUT2D eigenvalue weighted by Crippen LogP contribution is -2.15. The van der Waals surface area contributed by atoms with Crippen molar-refractivity contribution in [3.63, 3.8) is 0 Å². The molecule has 0 bridgehead atoms. The molecule has 0 heterocycles. The van der Waals surface area contributed by atoms with Crippen LogP contribution in [0.5, 0.6) is 5.75 Å². The molecule has 0 aliphatic carbocycles. The molecule has 2 aromatic carbocycles. The van der Waals surface area contributed by atoms with Gasteiger partial charge in [-0.05, 0) is 42.9 Å². The minimum Gasteiger partial charge on any atom is -0.496 e. The van der Waals surface area contributed by atoms with Gasteiger partial charge in [0.1, 0.15) is 17.6 Å². The Morgan fingerprint density at radius 2 is 1.80 bits per heavy atom. The quantitative estimate of drug-likeness (QED) is 0.383. The number of allylic oxidation sites excluding steroid dienone is 1. The van der Waals surface area contributed by atoms with Gasteiger partial charge in [0.05, 0.1) is 19.3 Å². The number of benzene rings is 2. The standard InChI is InChI=1S/C24H28O5S/c1-5-10-19(23(25)28-6-2)18-13-14-21(27-3)20(15-18)22(30-4)24(26)29-16-17-11-8-7-9-12-17/h7-15,22H,5-6,16H2,1-4H3. The van der Waals surface area contributed by atoms with Gasteiger partial charge in [-0.15, -0.1) is 11.8 Å². The molecule has 2 rings (SSSR count). The summed E-state index contributed by atoms with van der Waals surface area (Å²) in [6.07, 6.45) is 4.35. The highest BCUT2D eigenvalue weighted by Crippen LogP contribution is 2.37. The average Bonchev–Trinajstić information content (AvgIpc) is 2.77. The fourth-order valence-electron chi connectivity index (χ4n) is 2.99. The molecule has 0 saturated carbocycles. The summed E-state index contributed by atoms with van der Waals surface area (Å²) >= 11 is 1.36. The first-order chi connectivity index (χ1) is 14.5. The highest BCUT2D eigenvalue weighted by atomic mass is 32.2. The van der Waals surface area contributed by atoms with Crippen LogP contribution in [0.15, 0.2) is 54.6 Å². The molecule has 0 spiro atoms. The van der Waals surface area contributed by atoms with E-state index in [0.29, 0.717) is 35.5 Å². The Labute approximate surface area is 182 Å².